The van der Waals surface area contributed by atoms with Gasteiger partial charge < -0.3 is 10.8 Å². The molecule has 3 N–H and O–H groups in total. The van der Waals surface area contributed by atoms with Gasteiger partial charge in [-0.2, -0.15) is 11.8 Å². The van der Waals surface area contributed by atoms with E-state index in [1.54, 1.807) is 11.8 Å². The van der Waals surface area contributed by atoms with Crippen LogP contribution in [0.15, 0.2) is 0 Å². The zero-order valence-corrected chi connectivity index (χ0v) is 6.15. The predicted molar refractivity (Wildman–Crippen MR) is 55.7 cm³/mol. The van der Waals surface area contributed by atoms with Crippen LogP contribution in [-0.4, -0.2) is 105 Å². The predicted octanol–water partition coefficient (Wildman–Crippen LogP) is -1.68. The number of carbonyl (C=O) groups is 1. The van der Waals surface area contributed by atoms with Crippen LogP contribution >= 0.6 is 11.8 Å². The van der Waals surface area contributed by atoms with Gasteiger partial charge >= 0.3 is 81.4 Å². The quantitative estimate of drug-likeness (QED) is 0.569. The molecule has 11 heavy (non-hydrogen) atoms. The number of hydrogen-bond acceptors (Lipinski definition) is 3. The first-order valence-corrected chi connectivity index (χ1v) is 4.05. The Balaban J connectivity index is -0.000000320. The van der Waals surface area contributed by atoms with E-state index in [4.69, 9.17) is 10.8 Å². The van der Waals surface area contributed by atoms with Crippen LogP contribution in [0.2, 0.25) is 0 Å². The SMILES string of the molecule is CSCC[C@H](N)C(=O)O.[CaH2].[CaH2]. The van der Waals surface area contributed by atoms with Crippen LogP contribution in [0.3, 0.4) is 0 Å². The van der Waals surface area contributed by atoms with Gasteiger partial charge in [0.2, 0.25) is 0 Å². The Morgan fingerprint density at radius 1 is 1.64 bits per heavy atom. The second-order valence-electron chi connectivity index (χ2n) is 1.73. The third-order valence-electron chi connectivity index (χ3n) is 0.950. The molecule has 0 unspecified atom stereocenters. The van der Waals surface area contributed by atoms with E-state index in [0.717, 1.165) is 5.75 Å². The third-order valence-corrected chi connectivity index (χ3v) is 1.59. The number of thioether (sulfide) groups is 1. The molecule has 0 radical (unpaired) electrons. The fourth-order valence-electron chi connectivity index (χ4n) is 0.368. The Morgan fingerprint density at radius 2 is 2.09 bits per heavy atom. The van der Waals surface area contributed by atoms with Gasteiger partial charge in [0.1, 0.15) is 6.04 Å². The van der Waals surface area contributed by atoms with E-state index in [2.05, 4.69) is 0 Å². The fourth-order valence-corrected chi connectivity index (χ4v) is 0.858. The summed E-state index contributed by atoms with van der Waals surface area (Å²) in [7, 11) is 0. The van der Waals surface area contributed by atoms with Crippen molar-refractivity contribution in [2.75, 3.05) is 12.0 Å². The van der Waals surface area contributed by atoms with Crippen LogP contribution in [0.1, 0.15) is 6.42 Å². The van der Waals surface area contributed by atoms with Gasteiger partial charge in [0.25, 0.3) is 0 Å². The molecule has 0 aromatic carbocycles. The van der Waals surface area contributed by atoms with Gasteiger partial charge in [-0.15, -0.1) is 0 Å². The first-order chi connectivity index (χ1) is 4.18. The van der Waals surface area contributed by atoms with Crippen LogP contribution in [0, 0.1) is 0 Å². The van der Waals surface area contributed by atoms with Crippen LogP contribution < -0.4 is 5.73 Å². The minimum absolute atomic E-state index is 0. The van der Waals surface area contributed by atoms with Gasteiger partial charge in [-0.3, -0.25) is 4.79 Å². The van der Waals surface area contributed by atoms with E-state index in [9.17, 15) is 4.79 Å². The monoisotopic (exact) mass is 233 g/mol. The average Bonchev–Trinajstić information content (AvgIpc) is 1.82. The van der Waals surface area contributed by atoms with Crippen LogP contribution in [0.25, 0.3) is 0 Å². The molecule has 6 heteroatoms. The van der Waals surface area contributed by atoms with Crippen molar-refractivity contribution in [3.8, 4) is 0 Å². The van der Waals surface area contributed by atoms with Crippen molar-refractivity contribution in [3.05, 3.63) is 0 Å². The summed E-state index contributed by atoms with van der Waals surface area (Å²) in [6.45, 7) is 0. The Kier molecular flexibility index (Phi) is 21.2. The van der Waals surface area contributed by atoms with E-state index in [-0.39, 0.29) is 75.5 Å². The third kappa shape index (κ3) is 12.3. The summed E-state index contributed by atoms with van der Waals surface area (Å²) in [4.78, 5) is 10.1. The summed E-state index contributed by atoms with van der Waals surface area (Å²) < 4.78 is 0. The zero-order valence-electron chi connectivity index (χ0n) is 5.33. The topological polar surface area (TPSA) is 63.3 Å². The number of rotatable bonds is 4. The molecule has 0 saturated carbocycles. The summed E-state index contributed by atoms with van der Waals surface area (Å²) in [5.41, 5.74) is 5.19. The molecular weight excluding hydrogens is 218 g/mol. The van der Waals surface area contributed by atoms with Crippen molar-refractivity contribution in [1.82, 2.24) is 0 Å². The second-order valence-corrected chi connectivity index (χ2v) is 2.71. The van der Waals surface area contributed by atoms with Crippen molar-refractivity contribution in [2.45, 2.75) is 12.5 Å². The molecule has 62 valence electrons. The molecule has 0 amide bonds. The van der Waals surface area contributed by atoms with E-state index in [1.807, 2.05) is 6.26 Å². The molecule has 3 nitrogen and oxygen atoms in total. The Morgan fingerprint density at radius 3 is 2.36 bits per heavy atom. The fraction of sp³-hybridized carbons (Fsp3) is 0.800. The number of nitrogens with two attached hydrogens (primary N) is 1. The number of carboxylic acid groups (broad SMARTS) is 1. The second kappa shape index (κ2) is 12.3. The molecule has 0 aliphatic carbocycles. The molecular formula is C5H15Ca2NO2S. The first-order valence-electron chi connectivity index (χ1n) is 2.65. The molecule has 0 aliphatic heterocycles. The first kappa shape index (κ1) is 19.0. The standard InChI is InChI=1S/C5H11NO2S.2Ca.4H/c1-9-3-2-4(6)5(7)8;;;;;;/h4H,2-3,6H2,1H3,(H,7,8);;;;;;/t4-;;;;;;/m0....../s1. The van der Waals surface area contributed by atoms with Crippen molar-refractivity contribution >= 4 is 93.2 Å². The van der Waals surface area contributed by atoms with Crippen molar-refractivity contribution in [1.29, 1.82) is 0 Å². The van der Waals surface area contributed by atoms with E-state index >= 15 is 0 Å². The normalized spacial score (nSPS) is 10.7. The molecule has 0 fully saturated rings. The molecule has 0 bridgehead atoms. The van der Waals surface area contributed by atoms with Gasteiger partial charge in [-0.05, 0) is 18.4 Å². The molecule has 0 aromatic rings. The van der Waals surface area contributed by atoms with Crippen LogP contribution in [0.4, 0.5) is 0 Å². The number of aliphatic carboxylic acids is 1. The van der Waals surface area contributed by atoms with Crippen molar-refractivity contribution in [2.24, 2.45) is 5.73 Å². The van der Waals surface area contributed by atoms with Gasteiger partial charge in [0, 0.05) is 0 Å². The number of hydrogen-bond donors (Lipinski definition) is 2. The summed E-state index contributed by atoms with van der Waals surface area (Å²) in [5.74, 6) is -0.1000. The molecule has 0 saturated heterocycles. The van der Waals surface area contributed by atoms with E-state index < -0.39 is 12.0 Å². The van der Waals surface area contributed by atoms with E-state index in [0.29, 0.717) is 6.42 Å². The maximum atomic E-state index is 10.1. The zero-order chi connectivity index (χ0) is 7.28. The molecule has 0 aliphatic rings. The molecule has 0 rings (SSSR count). The van der Waals surface area contributed by atoms with E-state index in [1.165, 1.54) is 0 Å². The van der Waals surface area contributed by atoms with Crippen molar-refractivity contribution < 1.29 is 9.90 Å². The van der Waals surface area contributed by atoms with Crippen LogP contribution in [0.5, 0.6) is 0 Å². The summed E-state index contributed by atoms with van der Waals surface area (Å²) >= 11 is 1.60. The summed E-state index contributed by atoms with van der Waals surface area (Å²) in [6, 6.07) is -0.683. The molecule has 1 atom stereocenters. The Hall–Kier alpha value is 2.30. The van der Waals surface area contributed by atoms with Gasteiger partial charge in [-0.25, -0.2) is 0 Å². The van der Waals surface area contributed by atoms with Gasteiger partial charge in [0.15, 0.2) is 0 Å². The Bertz CT molecular complexity index is 104. The summed E-state index contributed by atoms with van der Waals surface area (Å²) in [6.07, 6.45) is 2.48. The summed E-state index contributed by atoms with van der Waals surface area (Å²) in [5, 5.41) is 8.27. The number of carboxylic acids is 1. The molecule has 0 heterocycles. The van der Waals surface area contributed by atoms with Crippen molar-refractivity contribution in [3.63, 3.8) is 0 Å². The minimum atomic E-state index is -0.913. The Labute approximate surface area is 131 Å². The molecule has 0 spiro atoms. The maximum absolute atomic E-state index is 10.1. The van der Waals surface area contributed by atoms with Gasteiger partial charge in [0.05, 0.1) is 0 Å². The molecule has 0 aromatic heterocycles. The van der Waals surface area contributed by atoms with Gasteiger partial charge in [-0.1, -0.05) is 0 Å². The van der Waals surface area contributed by atoms with Crippen LogP contribution in [-0.2, 0) is 4.79 Å². The average molecular weight is 233 g/mol.